The summed E-state index contributed by atoms with van der Waals surface area (Å²) in [4.78, 5) is 23.7. The Kier molecular flexibility index (Phi) is 5.41. The lowest BCUT2D eigenvalue weighted by Gasteiger charge is -2.07. The molecule has 2 N–H and O–H groups in total. The molecule has 1 amide bonds. The predicted octanol–water partition coefficient (Wildman–Crippen LogP) is 3.58. The van der Waals surface area contributed by atoms with E-state index in [9.17, 15) is 9.59 Å². The summed E-state index contributed by atoms with van der Waals surface area (Å²) < 4.78 is 2.62. The fourth-order valence-corrected chi connectivity index (χ4v) is 3.15. The number of carbonyl (C=O) groups excluding carboxylic acids is 1. The summed E-state index contributed by atoms with van der Waals surface area (Å²) >= 11 is 18.4. The van der Waals surface area contributed by atoms with Gasteiger partial charge in [-0.3, -0.25) is 14.2 Å². The second-order valence-corrected chi connectivity index (χ2v) is 6.73. The van der Waals surface area contributed by atoms with Crippen molar-refractivity contribution in [1.82, 2.24) is 19.6 Å². The normalized spacial score (nSPS) is 10.8. The van der Waals surface area contributed by atoms with Crippen LogP contribution in [0.25, 0.3) is 0 Å². The third kappa shape index (κ3) is 3.92. The number of aromatic carboxylic acids is 1. The first-order valence-corrected chi connectivity index (χ1v) is 8.63. The predicted molar refractivity (Wildman–Crippen MR) is 101 cm³/mol. The van der Waals surface area contributed by atoms with Crippen LogP contribution in [-0.4, -0.2) is 36.5 Å². The lowest BCUT2D eigenvalue weighted by Crippen LogP contribution is -2.20. The van der Waals surface area contributed by atoms with E-state index in [2.05, 4.69) is 15.5 Å². The molecule has 140 valence electrons. The van der Waals surface area contributed by atoms with Crippen LogP contribution >= 0.6 is 34.8 Å². The molecule has 0 saturated heterocycles. The maximum absolute atomic E-state index is 12.5. The number of carboxylic acid groups (broad SMARTS) is 1. The lowest BCUT2D eigenvalue weighted by molar-refractivity contribution is 0.0692. The third-order valence-corrected chi connectivity index (χ3v) is 4.70. The fraction of sp³-hybridized carbons (Fsp3) is 0.125. The first-order chi connectivity index (χ1) is 12.8. The summed E-state index contributed by atoms with van der Waals surface area (Å²) in [6.45, 7) is 0.236. The Morgan fingerprint density at radius 2 is 1.85 bits per heavy atom. The largest absolute Gasteiger partial charge is 0.478 e. The Morgan fingerprint density at radius 1 is 1.19 bits per heavy atom. The van der Waals surface area contributed by atoms with E-state index in [1.807, 2.05) is 0 Å². The van der Waals surface area contributed by atoms with Gasteiger partial charge in [-0.1, -0.05) is 40.9 Å². The van der Waals surface area contributed by atoms with Gasteiger partial charge in [-0.05, 0) is 12.1 Å². The molecule has 1 aromatic carbocycles. The molecule has 0 spiro atoms. The number of aromatic nitrogens is 4. The summed E-state index contributed by atoms with van der Waals surface area (Å²) in [6.07, 6.45) is 2.59. The molecule has 27 heavy (non-hydrogen) atoms. The molecule has 0 radical (unpaired) electrons. The number of hydrogen-bond acceptors (Lipinski definition) is 4. The minimum atomic E-state index is -1.27. The number of rotatable bonds is 5. The number of nitrogens with zero attached hydrogens (tertiary/aromatic N) is 4. The van der Waals surface area contributed by atoms with Gasteiger partial charge in [0.05, 0.1) is 12.7 Å². The Balaban J connectivity index is 1.85. The lowest BCUT2D eigenvalue weighted by atomic mass is 10.2. The minimum Gasteiger partial charge on any atom is -0.478 e. The Labute approximate surface area is 168 Å². The minimum absolute atomic E-state index is 0.0716. The highest BCUT2D eigenvalue weighted by molar-refractivity contribution is 6.36. The van der Waals surface area contributed by atoms with E-state index in [-0.39, 0.29) is 28.6 Å². The first kappa shape index (κ1) is 19.2. The van der Waals surface area contributed by atoms with Crippen molar-refractivity contribution in [2.24, 2.45) is 7.05 Å². The SMILES string of the molecule is Cn1ncc(C(=O)O)c1C(=O)Nc1nn(Cc2c(Cl)cccc2Cl)cc1Cl. The van der Waals surface area contributed by atoms with E-state index in [0.717, 1.165) is 10.9 Å². The third-order valence-electron chi connectivity index (χ3n) is 3.72. The molecular weight excluding hydrogens is 417 g/mol. The number of nitrogens with one attached hydrogen (secondary N) is 1. The Morgan fingerprint density at radius 3 is 2.48 bits per heavy atom. The van der Waals surface area contributed by atoms with E-state index < -0.39 is 11.9 Å². The molecule has 0 aliphatic heterocycles. The molecule has 8 nitrogen and oxygen atoms in total. The van der Waals surface area contributed by atoms with Crippen molar-refractivity contribution in [3.05, 3.63) is 62.5 Å². The average molecular weight is 429 g/mol. The number of hydrogen-bond donors (Lipinski definition) is 2. The molecule has 0 aliphatic rings. The molecule has 11 heteroatoms. The maximum atomic E-state index is 12.5. The maximum Gasteiger partial charge on any atom is 0.339 e. The van der Waals surface area contributed by atoms with E-state index in [1.165, 1.54) is 17.9 Å². The van der Waals surface area contributed by atoms with Gasteiger partial charge in [-0.25, -0.2) is 4.79 Å². The number of amides is 1. The highest BCUT2D eigenvalue weighted by Crippen LogP contribution is 2.27. The van der Waals surface area contributed by atoms with Crippen molar-refractivity contribution in [1.29, 1.82) is 0 Å². The Bertz CT molecular complexity index is 1020. The molecular formula is C16H12Cl3N5O3. The van der Waals surface area contributed by atoms with E-state index in [1.54, 1.807) is 18.2 Å². The standard InChI is InChI=1S/C16H12Cl3N5O3/c1-23-13(8(5-20-23)16(26)27)15(25)21-14-12(19)7-24(22-14)6-9-10(17)3-2-4-11(9)18/h2-5,7H,6H2,1H3,(H,26,27)(H,21,22,25). The van der Waals surface area contributed by atoms with Crippen LogP contribution < -0.4 is 5.32 Å². The Hall–Kier alpha value is -2.55. The molecule has 0 fully saturated rings. The zero-order valence-electron chi connectivity index (χ0n) is 13.8. The topological polar surface area (TPSA) is 102 Å². The van der Waals surface area contributed by atoms with Gasteiger partial charge in [-0.2, -0.15) is 10.2 Å². The molecule has 2 aromatic heterocycles. The van der Waals surface area contributed by atoms with Gasteiger partial charge in [0.1, 0.15) is 16.3 Å². The number of halogens is 3. The van der Waals surface area contributed by atoms with Crippen molar-refractivity contribution in [2.45, 2.75) is 6.54 Å². The van der Waals surface area contributed by atoms with Crippen molar-refractivity contribution in [2.75, 3.05) is 5.32 Å². The molecule has 0 atom stereocenters. The van der Waals surface area contributed by atoms with Crippen LogP contribution in [0.2, 0.25) is 15.1 Å². The van der Waals surface area contributed by atoms with Gasteiger partial charge < -0.3 is 10.4 Å². The van der Waals surface area contributed by atoms with Crippen LogP contribution in [0.3, 0.4) is 0 Å². The summed E-state index contributed by atoms with van der Waals surface area (Å²) in [7, 11) is 1.46. The van der Waals surface area contributed by atoms with Crippen molar-refractivity contribution >= 4 is 52.5 Å². The van der Waals surface area contributed by atoms with E-state index in [4.69, 9.17) is 39.9 Å². The van der Waals surface area contributed by atoms with Gasteiger partial charge in [-0.15, -0.1) is 0 Å². The molecule has 3 rings (SSSR count). The van der Waals surface area contributed by atoms with Crippen LogP contribution in [0.15, 0.2) is 30.6 Å². The van der Waals surface area contributed by atoms with Crippen LogP contribution in [0, 0.1) is 0 Å². The molecule has 3 aromatic rings. The summed E-state index contributed by atoms with van der Waals surface area (Å²) in [5, 5.41) is 20.8. The zero-order valence-corrected chi connectivity index (χ0v) is 16.0. The van der Waals surface area contributed by atoms with Gasteiger partial charge >= 0.3 is 5.97 Å². The van der Waals surface area contributed by atoms with Crippen molar-refractivity contribution in [3.63, 3.8) is 0 Å². The molecule has 2 heterocycles. The molecule has 0 aliphatic carbocycles. The van der Waals surface area contributed by atoms with Crippen LogP contribution in [0.5, 0.6) is 0 Å². The van der Waals surface area contributed by atoms with Crippen LogP contribution in [-0.2, 0) is 13.6 Å². The smallest absolute Gasteiger partial charge is 0.339 e. The monoisotopic (exact) mass is 427 g/mol. The van der Waals surface area contributed by atoms with E-state index in [0.29, 0.717) is 15.6 Å². The number of benzene rings is 1. The average Bonchev–Trinajstić information content (AvgIpc) is 3.14. The summed E-state index contributed by atoms with van der Waals surface area (Å²) in [5.74, 6) is -1.89. The summed E-state index contributed by atoms with van der Waals surface area (Å²) in [5.41, 5.74) is 0.299. The number of aryl methyl sites for hydroxylation is 1. The highest BCUT2D eigenvalue weighted by Gasteiger charge is 2.23. The second kappa shape index (κ2) is 7.59. The molecule has 0 saturated carbocycles. The quantitative estimate of drug-likeness (QED) is 0.647. The molecule has 0 bridgehead atoms. The van der Waals surface area contributed by atoms with Gasteiger partial charge in [0, 0.05) is 28.9 Å². The number of carboxylic acids is 1. The van der Waals surface area contributed by atoms with Crippen molar-refractivity contribution < 1.29 is 14.7 Å². The highest BCUT2D eigenvalue weighted by atomic mass is 35.5. The van der Waals surface area contributed by atoms with E-state index >= 15 is 0 Å². The zero-order chi connectivity index (χ0) is 19.7. The number of anilines is 1. The summed E-state index contributed by atoms with van der Waals surface area (Å²) in [6, 6.07) is 5.13. The van der Waals surface area contributed by atoms with Crippen LogP contribution in [0.1, 0.15) is 26.4 Å². The number of carbonyl (C=O) groups is 2. The van der Waals surface area contributed by atoms with Gasteiger partial charge in [0.15, 0.2) is 5.82 Å². The molecule has 0 unspecified atom stereocenters. The van der Waals surface area contributed by atoms with Gasteiger partial charge in [0.25, 0.3) is 5.91 Å². The van der Waals surface area contributed by atoms with Gasteiger partial charge in [0.2, 0.25) is 0 Å². The first-order valence-electron chi connectivity index (χ1n) is 7.50. The van der Waals surface area contributed by atoms with Crippen LogP contribution in [0.4, 0.5) is 5.82 Å². The van der Waals surface area contributed by atoms with Crippen molar-refractivity contribution in [3.8, 4) is 0 Å². The second-order valence-electron chi connectivity index (χ2n) is 5.51. The fourth-order valence-electron chi connectivity index (χ4n) is 2.44.